The Kier molecular flexibility index (Phi) is 4.11. The van der Waals surface area contributed by atoms with Gasteiger partial charge in [-0.15, -0.1) is 0 Å². The summed E-state index contributed by atoms with van der Waals surface area (Å²) < 4.78 is 1.81. The smallest absolute Gasteiger partial charge is 0.296 e. The van der Waals surface area contributed by atoms with E-state index in [-0.39, 0.29) is 0 Å². The third-order valence-corrected chi connectivity index (χ3v) is 3.90. The molecule has 1 amide bonds. The second-order valence-corrected chi connectivity index (χ2v) is 5.99. The summed E-state index contributed by atoms with van der Waals surface area (Å²) in [7, 11) is 1.83. The van der Waals surface area contributed by atoms with Crippen molar-refractivity contribution >= 4 is 51.5 Å². The van der Waals surface area contributed by atoms with Gasteiger partial charge in [-0.3, -0.25) is 9.59 Å². The first kappa shape index (κ1) is 15.6. The van der Waals surface area contributed by atoms with E-state index in [1.165, 1.54) is 12.1 Å². The maximum absolute atomic E-state index is 12.5. The van der Waals surface area contributed by atoms with Crippen molar-refractivity contribution in [2.45, 2.75) is 0 Å². The van der Waals surface area contributed by atoms with Crippen LogP contribution in [-0.2, 0) is 11.8 Å². The highest BCUT2D eigenvalue weighted by atomic mass is 35.5. The Morgan fingerprint density at radius 2 is 1.70 bits per heavy atom. The Balaban J connectivity index is 1.91. The fourth-order valence-electron chi connectivity index (χ4n) is 2.46. The molecule has 6 heteroatoms. The van der Waals surface area contributed by atoms with E-state index in [4.69, 9.17) is 23.2 Å². The first-order valence-corrected chi connectivity index (χ1v) is 7.57. The van der Waals surface area contributed by atoms with Crippen LogP contribution in [0.15, 0.2) is 48.7 Å². The van der Waals surface area contributed by atoms with Crippen molar-refractivity contribution in [2.24, 2.45) is 7.05 Å². The van der Waals surface area contributed by atoms with Crippen molar-refractivity contribution in [1.82, 2.24) is 4.57 Å². The van der Waals surface area contributed by atoms with Crippen LogP contribution in [-0.4, -0.2) is 16.3 Å². The molecule has 0 saturated heterocycles. The van der Waals surface area contributed by atoms with Gasteiger partial charge in [0, 0.05) is 39.9 Å². The van der Waals surface area contributed by atoms with E-state index in [2.05, 4.69) is 5.32 Å². The Morgan fingerprint density at radius 1 is 1.04 bits per heavy atom. The lowest BCUT2D eigenvalue weighted by Gasteiger charge is -2.05. The number of amides is 1. The average Bonchev–Trinajstić information content (AvgIpc) is 2.83. The topological polar surface area (TPSA) is 51.1 Å². The molecule has 0 atom stereocenters. The summed E-state index contributed by atoms with van der Waals surface area (Å²) >= 11 is 11.8. The molecule has 4 nitrogen and oxygen atoms in total. The van der Waals surface area contributed by atoms with Gasteiger partial charge in [0.25, 0.3) is 11.7 Å². The van der Waals surface area contributed by atoms with Crippen LogP contribution in [0.1, 0.15) is 10.4 Å². The highest BCUT2D eigenvalue weighted by Gasteiger charge is 2.21. The van der Waals surface area contributed by atoms with E-state index in [1.807, 2.05) is 35.9 Å². The summed E-state index contributed by atoms with van der Waals surface area (Å²) in [6.45, 7) is 0. The molecule has 0 radical (unpaired) electrons. The molecule has 0 spiro atoms. The number of aryl methyl sites for hydroxylation is 1. The predicted octanol–water partition coefficient (Wildman–Crippen LogP) is 4.31. The van der Waals surface area contributed by atoms with Crippen molar-refractivity contribution in [3.8, 4) is 0 Å². The highest BCUT2D eigenvalue weighted by Crippen LogP contribution is 2.24. The lowest BCUT2D eigenvalue weighted by Crippen LogP contribution is -2.22. The summed E-state index contributed by atoms with van der Waals surface area (Å²) in [5, 5.41) is 4.02. The second kappa shape index (κ2) is 6.07. The van der Waals surface area contributed by atoms with Crippen molar-refractivity contribution < 1.29 is 9.59 Å². The molecule has 1 aromatic heterocycles. The molecule has 116 valence electrons. The molecular weight excluding hydrogens is 335 g/mol. The number of rotatable bonds is 3. The van der Waals surface area contributed by atoms with E-state index in [1.54, 1.807) is 12.3 Å². The largest absolute Gasteiger partial charge is 0.350 e. The maximum atomic E-state index is 12.5. The normalized spacial score (nSPS) is 10.7. The van der Waals surface area contributed by atoms with Gasteiger partial charge in [-0.2, -0.15) is 0 Å². The first-order chi connectivity index (χ1) is 11.0. The minimum Gasteiger partial charge on any atom is -0.350 e. The van der Waals surface area contributed by atoms with Crippen LogP contribution in [0.4, 0.5) is 5.69 Å². The molecule has 0 aliphatic heterocycles. The molecule has 3 aromatic rings. The first-order valence-electron chi connectivity index (χ1n) is 6.81. The number of hydrogen-bond donors (Lipinski definition) is 1. The fourth-order valence-corrected chi connectivity index (χ4v) is 2.98. The zero-order valence-electron chi connectivity index (χ0n) is 12.1. The monoisotopic (exact) mass is 346 g/mol. The van der Waals surface area contributed by atoms with Crippen molar-refractivity contribution in [3.05, 3.63) is 64.3 Å². The molecule has 0 saturated carbocycles. The number of anilines is 1. The Morgan fingerprint density at radius 3 is 2.39 bits per heavy atom. The van der Waals surface area contributed by atoms with Gasteiger partial charge in [-0.1, -0.05) is 41.4 Å². The maximum Gasteiger partial charge on any atom is 0.296 e. The van der Waals surface area contributed by atoms with E-state index in [0.717, 1.165) is 10.9 Å². The molecule has 1 heterocycles. The summed E-state index contributed by atoms with van der Waals surface area (Å²) in [4.78, 5) is 24.7. The van der Waals surface area contributed by atoms with Crippen molar-refractivity contribution in [1.29, 1.82) is 0 Å². The number of nitrogens with zero attached hydrogens (tertiary/aromatic N) is 1. The Hall–Kier alpha value is -2.30. The summed E-state index contributed by atoms with van der Waals surface area (Å²) in [6.07, 6.45) is 1.65. The molecule has 3 rings (SSSR count). The van der Waals surface area contributed by atoms with Crippen LogP contribution < -0.4 is 5.32 Å². The SMILES string of the molecule is Cn1cc(C(=O)C(=O)Nc2cc(Cl)cc(Cl)c2)c2ccccc21. The molecule has 0 unspecified atom stereocenters. The number of hydrogen-bond acceptors (Lipinski definition) is 2. The number of benzene rings is 2. The van der Waals surface area contributed by atoms with Crippen molar-refractivity contribution in [3.63, 3.8) is 0 Å². The highest BCUT2D eigenvalue weighted by molar-refractivity contribution is 6.48. The number of Topliss-reactive ketones (excluding diaryl/α,β-unsaturated/α-hetero) is 1. The van der Waals surface area contributed by atoms with Crippen LogP contribution in [0, 0.1) is 0 Å². The molecule has 0 aliphatic carbocycles. The number of para-hydroxylation sites is 1. The summed E-state index contributed by atoms with van der Waals surface area (Å²) in [5.41, 5.74) is 1.62. The zero-order chi connectivity index (χ0) is 16.6. The van der Waals surface area contributed by atoms with Crippen LogP contribution in [0.3, 0.4) is 0 Å². The van der Waals surface area contributed by atoms with Crippen LogP contribution in [0.2, 0.25) is 10.0 Å². The zero-order valence-corrected chi connectivity index (χ0v) is 13.7. The van der Waals surface area contributed by atoms with Crippen LogP contribution >= 0.6 is 23.2 Å². The third kappa shape index (κ3) is 3.09. The number of halogens is 2. The van der Waals surface area contributed by atoms with E-state index >= 15 is 0 Å². The van der Waals surface area contributed by atoms with Gasteiger partial charge < -0.3 is 9.88 Å². The fraction of sp³-hybridized carbons (Fsp3) is 0.0588. The quantitative estimate of drug-likeness (QED) is 0.567. The predicted molar refractivity (Wildman–Crippen MR) is 92.3 cm³/mol. The van der Waals surface area contributed by atoms with Crippen molar-refractivity contribution in [2.75, 3.05) is 5.32 Å². The molecule has 0 bridgehead atoms. The third-order valence-electron chi connectivity index (χ3n) is 3.47. The number of nitrogens with one attached hydrogen (secondary N) is 1. The summed E-state index contributed by atoms with van der Waals surface area (Å²) in [6, 6.07) is 12.0. The molecule has 23 heavy (non-hydrogen) atoms. The molecule has 0 fully saturated rings. The van der Waals surface area contributed by atoms with Gasteiger partial charge in [-0.05, 0) is 24.3 Å². The van der Waals surface area contributed by atoms with Gasteiger partial charge in [0.2, 0.25) is 0 Å². The number of carbonyl (C=O) groups excluding carboxylic acids is 2. The second-order valence-electron chi connectivity index (χ2n) is 5.11. The minimum absolute atomic E-state index is 0.355. The lowest BCUT2D eigenvalue weighted by atomic mass is 10.1. The number of fused-ring (bicyclic) bond motifs is 1. The molecule has 1 N–H and O–H groups in total. The average molecular weight is 347 g/mol. The molecule has 0 aliphatic rings. The Labute approximate surface area is 142 Å². The Bertz CT molecular complexity index is 911. The van der Waals surface area contributed by atoms with E-state index in [9.17, 15) is 9.59 Å². The van der Waals surface area contributed by atoms with Gasteiger partial charge in [0.05, 0.1) is 5.56 Å². The standard InChI is InChI=1S/C17H12Cl2N2O2/c1-21-9-14(13-4-2-3-5-15(13)21)16(22)17(23)20-12-7-10(18)6-11(19)8-12/h2-9H,1H3,(H,20,23). The number of carbonyl (C=O) groups is 2. The molecule has 2 aromatic carbocycles. The van der Waals surface area contributed by atoms with Crippen LogP contribution in [0.5, 0.6) is 0 Å². The lowest BCUT2D eigenvalue weighted by molar-refractivity contribution is -0.112. The van der Waals surface area contributed by atoms with Gasteiger partial charge in [0.1, 0.15) is 0 Å². The number of aromatic nitrogens is 1. The number of ketones is 1. The van der Waals surface area contributed by atoms with Gasteiger partial charge in [-0.25, -0.2) is 0 Å². The van der Waals surface area contributed by atoms with Gasteiger partial charge >= 0.3 is 0 Å². The summed E-state index contributed by atoms with van der Waals surface area (Å²) in [5.74, 6) is -1.35. The van der Waals surface area contributed by atoms with Gasteiger partial charge in [0.15, 0.2) is 0 Å². The van der Waals surface area contributed by atoms with E-state index < -0.39 is 11.7 Å². The minimum atomic E-state index is -0.736. The molecular formula is C17H12Cl2N2O2. The van der Waals surface area contributed by atoms with Crippen LogP contribution in [0.25, 0.3) is 10.9 Å². The van der Waals surface area contributed by atoms with E-state index in [0.29, 0.717) is 21.3 Å².